The zero-order valence-corrected chi connectivity index (χ0v) is 15.9. The van der Waals surface area contributed by atoms with Crippen LogP contribution in [0.2, 0.25) is 0 Å². The number of hydrogen-bond acceptors (Lipinski definition) is 4. The van der Waals surface area contributed by atoms with Gasteiger partial charge in [0.05, 0.1) is 6.42 Å². The molecule has 1 unspecified atom stereocenters. The number of amides is 2. The van der Waals surface area contributed by atoms with Crippen molar-refractivity contribution in [3.63, 3.8) is 0 Å². The first-order valence-electron chi connectivity index (χ1n) is 8.79. The molecular weight excluding hydrogens is 380 g/mol. The summed E-state index contributed by atoms with van der Waals surface area (Å²) in [6.07, 6.45) is 3.24. The number of carbonyl (C=O) groups is 2. The highest BCUT2D eigenvalue weighted by atomic mass is 35.5. The summed E-state index contributed by atoms with van der Waals surface area (Å²) in [6, 6.07) is 6.04. The number of benzene rings is 1. The van der Waals surface area contributed by atoms with Gasteiger partial charge in [-0.3, -0.25) is 9.59 Å². The van der Waals surface area contributed by atoms with Gasteiger partial charge in [0.15, 0.2) is 0 Å². The number of likely N-dealkylation sites (tertiary alicyclic amines) is 1. The maximum absolute atomic E-state index is 12.7. The Hall–Kier alpha value is -1.93. The molecule has 2 rings (SSSR count). The second-order valence-electron chi connectivity index (χ2n) is 6.28. The van der Waals surface area contributed by atoms with E-state index in [1.165, 1.54) is 12.1 Å². The van der Waals surface area contributed by atoms with Gasteiger partial charge >= 0.3 is 6.61 Å². The molecular formula is C18H26ClF2N3O3. The smallest absolute Gasteiger partial charge is 0.387 e. The number of piperidine rings is 1. The Kier molecular flexibility index (Phi) is 10.0. The van der Waals surface area contributed by atoms with E-state index in [4.69, 9.17) is 5.73 Å². The van der Waals surface area contributed by atoms with Crippen LogP contribution in [-0.2, 0) is 16.0 Å². The highest BCUT2D eigenvalue weighted by molar-refractivity contribution is 5.85. The Morgan fingerprint density at radius 2 is 1.96 bits per heavy atom. The minimum atomic E-state index is -2.87. The fraction of sp³-hybridized carbons (Fsp3) is 0.556. The van der Waals surface area contributed by atoms with Crippen molar-refractivity contribution < 1.29 is 23.1 Å². The number of nitrogens with zero attached hydrogens (tertiary/aromatic N) is 1. The van der Waals surface area contributed by atoms with Crippen LogP contribution >= 0.6 is 12.4 Å². The van der Waals surface area contributed by atoms with Crippen LogP contribution < -0.4 is 15.8 Å². The molecule has 0 saturated carbocycles. The van der Waals surface area contributed by atoms with Crippen molar-refractivity contribution >= 4 is 24.2 Å². The van der Waals surface area contributed by atoms with Crippen LogP contribution in [-0.4, -0.2) is 49.0 Å². The van der Waals surface area contributed by atoms with E-state index >= 15 is 0 Å². The third-order valence-electron chi connectivity index (χ3n) is 4.36. The fourth-order valence-electron chi connectivity index (χ4n) is 3.06. The predicted molar refractivity (Wildman–Crippen MR) is 100 cm³/mol. The molecule has 27 heavy (non-hydrogen) atoms. The van der Waals surface area contributed by atoms with Crippen LogP contribution in [0.25, 0.3) is 0 Å². The number of hydrogen-bond donors (Lipinski definition) is 2. The summed E-state index contributed by atoms with van der Waals surface area (Å²) >= 11 is 0. The predicted octanol–water partition coefficient (Wildman–Crippen LogP) is 2.10. The Morgan fingerprint density at radius 3 is 2.59 bits per heavy atom. The molecule has 9 heteroatoms. The SMILES string of the molecule is Cl.NCCC(=O)NCC1CCCCN1C(=O)Cc1ccc(OC(F)F)cc1. The second kappa shape index (κ2) is 11.7. The van der Waals surface area contributed by atoms with E-state index in [2.05, 4.69) is 10.1 Å². The molecule has 152 valence electrons. The van der Waals surface area contributed by atoms with Gasteiger partial charge in [0.1, 0.15) is 5.75 Å². The summed E-state index contributed by atoms with van der Waals surface area (Å²) in [5, 5.41) is 2.83. The number of carbonyl (C=O) groups excluding carboxylic acids is 2. The fourth-order valence-corrected chi connectivity index (χ4v) is 3.06. The third-order valence-corrected chi connectivity index (χ3v) is 4.36. The van der Waals surface area contributed by atoms with Crippen molar-refractivity contribution in [3.05, 3.63) is 29.8 Å². The molecule has 1 aliphatic heterocycles. The van der Waals surface area contributed by atoms with Gasteiger partial charge in [-0.05, 0) is 37.0 Å². The third kappa shape index (κ3) is 7.68. The summed E-state index contributed by atoms with van der Waals surface area (Å²) in [4.78, 5) is 26.1. The molecule has 0 radical (unpaired) electrons. The van der Waals surface area contributed by atoms with E-state index in [0.717, 1.165) is 24.8 Å². The Bertz CT molecular complexity index is 602. The van der Waals surface area contributed by atoms with E-state index in [9.17, 15) is 18.4 Å². The van der Waals surface area contributed by atoms with Gasteiger partial charge in [0.25, 0.3) is 0 Å². The average molecular weight is 406 g/mol. The lowest BCUT2D eigenvalue weighted by Gasteiger charge is -2.36. The molecule has 3 N–H and O–H groups in total. The lowest BCUT2D eigenvalue weighted by molar-refractivity contribution is -0.134. The molecule has 1 saturated heterocycles. The quantitative estimate of drug-likeness (QED) is 0.693. The Labute approximate surface area is 163 Å². The van der Waals surface area contributed by atoms with E-state index in [-0.39, 0.29) is 48.9 Å². The number of halogens is 3. The van der Waals surface area contributed by atoms with Gasteiger partial charge in [-0.15, -0.1) is 12.4 Å². The van der Waals surface area contributed by atoms with E-state index in [0.29, 0.717) is 19.6 Å². The topological polar surface area (TPSA) is 84.7 Å². The average Bonchev–Trinajstić information content (AvgIpc) is 2.61. The lowest BCUT2D eigenvalue weighted by atomic mass is 10.0. The van der Waals surface area contributed by atoms with Crippen molar-refractivity contribution in [2.24, 2.45) is 5.73 Å². The minimum Gasteiger partial charge on any atom is -0.435 e. The molecule has 6 nitrogen and oxygen atoms in total. The first-order chi connectivity index (χ1) is 12.5. The van der Waals surface area contributed by atoms with Gasteiger partial charge in [-0.1, -0.05) is 12.1 Å². The van der Waals surface area contributed by atoms with Crippen molar-refractivity contribution in [3.8, 4) is 5.75 Å². The Morgan fingerprint density at radius 1 is 1.26 bits per heavy atom. The van der Waals surface area contributed by atoms with Crippen LogP contribution in [0.5, 0.6) is 5.75 Å². The second-order valence-corrected chi connectivity index (χ2v) is 6.28. The zero-order valence-electron chi connectivity index (χ0n) is 15.0. The summed E-state index contributed by atoms with van der Waals surface area (Å²) < 4.78 is 28.7. The number of alkyl halides is 2. The van der Waals surface area contributed by atoms with Gasteiger partial charge < -0.3 is 20.7 Å². The standard InChI is InChI=1S/C18H25F2N3O3.ClH/c19-18(20)26-15-6-4-13(5-7-15)11-17(25)23-10-2-1-3-14(23)12-22-16(24)8-9-21;/h4-7,14,18H,1-3,8-12,21H2,(H,22,24);1H. The van der Waals surface area contributed by atoms with Crippen LogP contribution in [0, 0.1) is 0 Å². The summed E-state index contributed by atoms with van der Waals surface area (Å²) in [5.74, 6) is -0.0833. The monoisotopic (exact) mass is 405 g/mol. The first kappa shape index (κ1) is 23.1. The first-order valence-corrected chi connectivity index (χ1v) is 8.79. The molecule has 0 aromatic heterocycles. The van der Waals surface area contributed by atoms with Gasteiger partial charge in [-0.2, -0.15) is 8.78 Å². The molecule has 1 aromatic carbocycles. The van der Waals surface area contributed by atoms with Gasteiger partial charge in [-0.25, -0.2) is 0 Å². The van der Waals surface area contributed by atoms with Crippen LogP contribution in [0.4, 0.5) is 8.78 Å². The lowest BCUT2D eigenvalue weighted by Crippen LogP contribution is -2.50. The highest BCUT2D eigenvalue weighted by Gasteiger charge is 2.26. The van der Waals surface area contributed by atoms with Crippen molar-refractivity contribution in [2.75, 3.05) is 19.6 Å². The molecule has 1 aromatic rings. The maximum Gasteiger partial charge on any atom is 0.387 e. The van der Waals surface area contributed by atoms with Gasteiger partial charge in [0.2, 0.25) is 11.8 Å². The zero-order chi connectivity index (χ0) is 18.9. The van der Waals surface area contributed by atoms with E-state index in [1.807, 2.05) is 0 Å². The summed E-state index contributed by atoms with van der Waals surface area (Å²) in [6.45, 7) is -1.50. The number of nitrogens with one attached hydrogen (secondary N) is 1. The van der Waals surface area contributed by atoms with E-state index in [1.54, 1.807) is 17.0 Å². The molecule has 0 spiro atoms. The van der Waals surface area contributed by atoms with Crippen LogP contribution in [0.1, 0.15) is 31.2 Å². The summed E-state index contributed by atoms with van der Waals surface area (Å²) in [5.41, 5.74) is 6.09. The normalized spacial score (nSPS) is 16.6. The molecule has 2 amide bonds. The summed E-state index contributed by atoms with van der Waals surface area (Å²) in [7, 11) is 0. The largest absolute Gasteiger partial charge is 0.435 e. The molecule has 1 fully saturated rings. The molecule has 1 aliphatic rings. The van der Waals surface area contributed by atoms with Crippen molar-refractivity contribution in [1.29, 1.82) is 0 Å². The highest BCUT2D eigenvalue weighted by Crippen LogP contribution is 2.20. The van der Waals surface area contributed by atoms with Crippen LogP contribution in [0.3, 0.4) is 0 Å². The molecule has 0 bridgehead atoms. The van der Waals surface area contributed by atoms with Crippen LogP contribution in [0.15, 0.2) is 24.3 Å². The van der Waals surface area contributed by atoms with Crippen molar-refractivity contribution in [2.45, 2.75) is 44.8 Å². The Balaban J connectivity index is 0.00000364. The van der Waals surface area contributed by atoms with Gasteiger partial charge in [0, 0.05) is 32.1 Å². The molecule has 0 aliphatic carbocycles. The van der Waals surface area contributed by atoms with E-state index < -0.39 is 6.61 Å². The molecule has 1 heterocycles. The number of ether oxygens (including phenoxy) is 1. The van der Waals surface area contributed by atoms with Crippen molar-refractivity contribution in [1.82, 2.24) is 10.2 Å². The number of nitrogens with two attached hydrogens (primary N) is 1. The maximum atomic E-state index is 12.7. The molecule has 1 atom stereocenters. The number of rotatable bonds is 8. The minimum absolute atomic E-state index is 0.